The normalized spacial score (nSPS) is 11.8. The third-order valence-corrected chi connectivity index (χ3v) is 3.63. The van der Waals surface area contributed by atoms with Gasteiger partial charge in [-0.3, -0.25) is 0 Å². The van der Waals surface area contributed by atoms with Gasteiger partial charge in [0.2, 0.25) is 0 Å². The third-order valence-electron chi connectivity index (χ3n) is 2.78. The lowest BCUT2D eigenvalue weighted by atomic mass is 10.2. The number of hydrogen-bond donors (Lipinski definition) is 1. The Morgan fingerprint density at radius 2 is 1.86 bits per heavy atom. The van der Waals surface area contributed by atoms with Gasteiger partial charge in [0.05, 0.1) is 13.3 Å². The van der Waals surface area contributed by atoms with Gasteiger partial charge in [0.25, 0.3) is 0 Å². The van der Waals surface area contributed by atoms with Crippen LogP contribution in [-0.2, 0) is 5.75 Å². The highest BCUT2D eigenvalue weighted by Gasteiger charge is 1.97. The van der Waals surface area contributed by atoms with Crippen molar-refractivity contribution in [2.75, 3.05) is 7.11 Å². The maximum Gasteiger partial charge on any atom is 0.180 e. The molecule has 114 valence electrons. The molecular formula is C16H16FN3OS. The topological polar surface area (TPSA) is 60.0 Å². The summed E-state index contributed by atoms with van der Waals surface area (Å²) in [4.78, 5) is 0. The standard InChI is InChI=1S/C16H16FN3OS/c1-21-15-8-4-12(5-9-15)10-19-20-16(18)22-11-13-2-6-14(17)7-3-13/h2-10H,11H2,1H3,(H2,18,20)/b19-10-. The van der Waals surface area contributed by atoms with E-state index in [1.807, 2.05) is 24.3 Å². The van der Waals surface area contributed by atoms with Crippen LogP contribution in [0.3, 0.4) is 0 Å². The molecule has 0 saturated carbocycles. The Labute approximate surface area is 132 Å². The number of rotatable bonds is 5. The minimum atomic E-state index is -0.250. The van der Waals surface area contributed by atoms with E-state index in [0.29, 0.717) is 10.9 Å². The van der Waals surface area contributed by atoms with Crippen LogP contribution < -0.4 is 10.5 Å². The molecule has 2 aromatic carbocycles. The van der Waals surface area contributed by atoms with E-state index in [2.05, 4.69) is 10.2 Å². The van der Waals surface area contributed by atoms with Crippen molar-refractivity contribution in [2.45, 2.75) is 5.75 Å². The average Bonchev–Trinajstić information content (AvgIpc) is 2.55. The van der Waals surface area contributed by atoms with Crippen molar-refractivity contribution in [1.29, 1.82) is 0 Å². The molecule has 2 N–H and O–H groups in total. The molecule has 0 saturated heterocycles. The van der Waals surface area contributed by atoms with E-state index in [-0.39, 0.29) is 5.82 Å². The Morgan fingerprint density at radius 3 is 2.50 bits per heavy atom. The van der Waals surface area contributed by atoms with Crippen molar-refractivity contribution >= 4 is 23.1 Å². The summed E-state index contributed by atoms with van der Waals surface area (Å²) in [5, 5.41) is 8.21. The van der Waals surface area contributed by atoms with E-state index in [1.165, 1.54) is 23.9 Å². The van der Waals surface area contributed by atoms with Gasteiger partial charge in [-0.25, -0.2) is 4.39 Å². The van der Waals surface area contributed by atoms with Gasteiger partial charge in [0, 0.05) is 5.75 Å². The van der Waals surface area contributed by atoms with Crippen molar-refractivity contribution in [2.24, 2.45) is 15.9 Å². The van der Waals surface area contributed by atoms with Crippen molar-refractivity contribution in [3.8, 4) is 5.75 Å². The molecule has 22 heavy (non-hydrogen) atoms. The Bertz CT molecular complexity index is 654. The summed E-state index contributed by atoms with van der Waals surface area (Å²) < 4.78 is 17.9. The van der Waals surface area contributed by atoms with Gasteiger partial charge in [-0.05, 0) is 47.5 Å². The number of methoxy groups -OCH3 is 1. The Kier molecular flexibility index (Phi) is 5.97. The number of hydrogen-bond acceptors (Lipinski definition) is 4. The van der Waals surface area contributed by atoms with Gasteiger partial charge in [-0.2, -0.15) is 5.10 Å². The van der Waals surface area contributed by atoms with Gasteiger partial charge in [0.1, 0.15) is 11.6 Å². The molecule has 0 aliphatic heterocycles. The fraction of sp³-hybridized carbons (Fsp3) is 0.125. The average molecular weight is 317 g/mol. The van der Waals surface area contributed by atoms with Crippen LogP contribution in [0.25, 0.3) is 0 Å². The van der Waals surface area contributed by atoms with Gasteiger partial charge < -0.3 is 10.5 Å². The Morgan fingerprint density at radius 1 is 1.18 bits per heavy atom. The minimum Gasteiger partial charge on any atom is -0.497 e. The Balaban J connectivity index is 1.85. The number of benzene rings is 2. The van der Waals surface area contributed by atoms with E-state index in [0.717, 1.165) is 16.9 Å². The van der Waals surface area contributed by atoms with E-state index in [9.17, 15) is 4.39 Å². The first-order valence-electron chi connectivity index (χ1n) is 6.55. The quantitative estimate of drug-likeness (QED) is 0.522. The summed E-state index contributed by atoms with van der Waals surface area (Å²) in [5.74, 6) is 1.16. The molecule has 0 fully saturated rings. The molecule has 0 heterocycles. The maximum absolute atomic E-state index is 12.8. The first kappa shape index (κ1) is 16.0. The summed E-state index contributed by atoms with van der Waals surface area (Å²) >= 11 is 1.35. The van der Waals surface area contributed by atoms with E-state index >= 15 is 0 Å². The highest BCUT2D eigenvalue weighted by molar-refractivity contribution is 8.13. The second kappa shape index (κ2) is 8.19. The van der Waals surface area contributed by atoms with E-state index < -0.39 is 0 Å². The first-order valence-corrected chi connectivity index (χ1v) is 7.54. The molecule has 0 aromatic heterocycles. The summed E-state index contributed by atoms with van der Waals surface area (Å²) in [5.41, 5.74) is 7.65. The largest absolute Gasteiger partial charge is 0.497 e. The van der Waals surface area contributed by atoms with Crippen molar-refractivity contribution in [1.82, 2.24) is 0 Å². The first-order chi connectivity index (χ1) is 10.7. The lowest BCUT2D eigenvalue weighted by molar-refractivity contribution is 0.415. The van der Waals surface area contributed by atoms with E-state index in [4.69, 9.17) is 10.5 Å². The molecular weight excluding hydrogens is 301 g/mol. The van der Waals surface area contributed by atoms with Crippen LogP contribution in [0.4, 0.5) is 4.39 Å². The summed E-state index contributed by atoms with van der Waals surface area (Å²) in [7, 11) is 1.62. The zero-order chi connectivity index (χ0) is 15.8. The zero-order valence-corrected chi connectivity index (χ0v) is 12.9. The molecule has 2 rings (SSSR count). The van der Waals surface area contributed by atoms with Gasteiger partial charge in [-0.1, -0.05) is 23.9 Å². The van der Waals surface area contributed by atoms with Gasteiger partial charge >= 0.3 is 0 Å². The molecule has 0 radical (unpaired) electrons. The summed E-state index contributed by atoms with van der Waals surface area (Å²) in [6.07, 6.45) is 1.62. The molecule has 0 bridgehead atoms. The lowest BCUT2D eigenvalue weighted by Crippen LogP contribution is -2.06. The smallest absolute Gasteiger partial charge is 0.180 e. The van der Waals surface area contributed by atoms with Crippen LogP contribution >= 0.6 is 11.8 Å². The SMILES string of the molecule is COc1ccc(/C=N\N=C(\N)SCc2ccc(F)cc2)cc1. The fourth-order valence-electron chi connectivity index (χ4n) is 1.61. The van der Waals surface area contributed by atoms with Crippen molar-refractivity contribution in [3.63, 3.8) is 0 Å². The van der Waals surface area contributed by atoms with Crippen LogP contribution in [0, 0.1) is 5.82 Å². The lowest BCUT2D eigenvalue weighted by Gasteiger charge is -2.00. The second-order valence-electron chi connectivity index (χ2n) is 4.37. The molecule has 0 aliphatic carbocycles. The van der Waals surface area contributed by atoms with Gasteiger partial charge in [-0.15, -0.1) is 5.10 Å². The summed E-state index contributed by atoms with van der Waals surface area (Å²) in [6, 6.07) is 13.7. The predicted octanol–water partition coefficient (Wildman–Crippen LogP) is 3.42. The minimum absolute atomic E-state index is 0.250. The number of nitrogens with zero attached hydrogens (tertiary/aromatic N) is 2. The molecule has 0 aliphatic rings. The van der Waals surface area contributed by atoms with Crippen LogP contribution in [-0.4, -0.2) is 18.5 Å². The number of ether oxygens (including phenoxy) is 1. The van der Waals surface area contributed by atoms with Crippen LogP contribution in [0.2, 0.25) is 0 Å². The second-order valence-corrected chi connectivity index (χ2v) is 5.37. The molecule has 6 heteroatoms. The summed E-state index contributed by atoms with van der Waals surface area (Å²) in [6.45, 7) is 0. The number of halogens is 1. The third kappa shape index (κ3) is 5.21. The zero-order valence-electron chi connectivity index (χ0n) is 12.1. The molecule has 0 spiro atoms. The van der Waals surface area contributed by atoms with Crippen LogP contribution in [0.1, 0.15) is 11.1 Å². The van der Waals surface area contributed by atoms with Crippen LogP contribution in [0.15, 0.2) is 58.7 Å². The fourth-order valence-corrected chi connectivity index (χ4v) is 2.22. The predicted molar refractivity (Wildman–Crippen MR) is 89.9 cm³/mol. The molecule has 4 nitrogen and oxygen atoms in total. The molecule has 0 atom stereocenters. The van der Waals surface area contributed by atoms with Crippen LogP contribution in [0.5, 0.6) is 5.75 Å². The maximum atomic E-state index is 12.8. The molecule has 2 aromatic rings. The number of amidine groups is 1. The number of thioether (sulfide) groups is 1. The van der Waals surface area contributed by atoms with Gasteiger partial charge in [0.15, 0.2) is 5.17 Å². The highest BCUT2D eigenvalue weighted by Crippen LogP contribution is 2.13. The van der Waals surface area contributed by atoms with Crippen molar-refractivity contribution in [3.05, 3.63) is 65.5 Å². The van der Waals surface area contributed by atoms with E-state index in [1.54, 1.807) is 25.5 Å². The highest BCUT2D eigenvalue weighted by atomic mass is 32.2. The Hall–Kier alpha value is -2.34. The molecule has 0 unspecified atom stereocenters. The van der Waals surface area contributed by atoms with Crippen molar-refractivity contribution < 1.29 is 9.13 Å². The molecule has 0 amide bonds. The number of nitrogens with two attached hydrogens (primary N) is 1. The monoisotopic (exact) mass is 317 g/mol.